The lowest BCUT2D eigenvalue weighted by molar-refractivity contribution is -0.135. The Hall–Kier alpha value is -3.13. The fourth-order valence-electron chi connectivity index (χ4n) is 4.13. The largest absolute Gasteiger partial charge is 0.339 e. The molecule has 1 atom stereocenters. The van der Waals surface area contributed by atoms with Crippen LogP contribution in [0, 0.1) is 5.82 Å². The molecule has 164 valence electrons. The molecule has 2 aromatic carbocycles. The topological polar surface area (TPSA) is 72.1 Å². The lowest BCUT2D eigenvalue weighted by Crippen LogP contribution is -2.38. The Balaban J connectivity index is 1.21. The van der Waals surface area contributed by atoms with Crippen LogP contribution in [0.2, 0.25) is 0 Å². The Bertz CT molecular complexity index is 1190. The highest BCUT2D eigenvalue weighted by molar-refractivity contribution is 7.18. The van der Waals surface area contributed by atoms with Gasteiger partial charge < -0.3 is 9.42 Å². The summed E-state index contributed by atoms with van der Waals surface area (Å²) in [5.74, 6) is 0.752. The van der Waals surface area contributed by atoms with E-state index in [9.17, 15) is 9.18 Å². The van der Waals surface area contributed by atoms with E-state index < -0.39 is 0 Å². The van der Waals surface area contributed by atoms with Crippen molar-refractivity contribution in [2.24, 2.45) is 0 Å². The van der Waals surface area contributed by atoms with E-state index in [1.165, 1.54) is 12.1 Å². The number of thiazole rings is 1. The first-order valence-corrected chi connectivity index (χ1v) is 11.7. The van der Waals surface area contributed by atoms with Crippen LogP contribution in [0.1, 0.15) is 49.0 Å². The van der Waals surface area contributed by atoms with Crippen LogP contribution in [-0.2, 0) is 11.2 Å². The van der Waals surface area contributed by atoms with Gasteiger partial charge in [-0.2, -0.15) is 4.98 Å². The van der Waals surface area contributed by atoms with Crippen molar-refractivity contribution in [3.05, 3.63) is 65.2 Å². The van der Waals surface area contributed by atoms with Crippen molar-refractivity contribution in [2.75, 3.05) is 6.54 Å². The molecule has 3 heterocycles. The van der Waals surface area contributed by atoms with Crippen LogP contribution in [0.25, 0.3) is 21.6 Å². The molecule has 1 aliphatic heterocycles. The number of nitrogens with zero attached hydrogens (tertiary/aromatic N) is 4. The molecule has 0 radical (unpaired) electrons. The summed E-state index contributed by atoms with van der Waals surface area (Å²) in [6.07, 6.45) is 4.68. The molecule has 1 saturated heterocycles. The number of fused-ring (bicyclic) bond motifs is 1. The summed E-state index contributed by atoms with van der Waals surface area (Å²) in [7, 11) is 0. The maximum Gasteiger partial charge on any atom is 0.226 e. The van der Waals surface area contributed by atoms with Gasteiger partial charge in [-0.05, 0) is 62.1 Å². The van der Waals surface area contributed by atoms with Crippen molar-refractivity contribution in [3.8, 4) is 11.4 Å². The van der Waals surface area contributed by atoms with Crippen LogP contribution in [0.4, 0.5) is 4.39 Å². The Morgan fingerprint density at radius 3 is 2.81 bits per heavy atom. The SMILES string of the molecule is O=C(CCCc1nc(-c2ccc(F)cc2)no1)N1CCCCC1c1nc2ccccc2s1. The predicted molar refractivity (Wildman–Crippen MR) is 121 cm³/mol. The number of carbonyl (C=O) groups excluding carboxylic acids is 1. The Kier molecular flexibility index (Phi) is 5.94. The van der Waals surface area contributed by atoms with Crippen molar-refractivity contribution in [3.63, 3.8) is 0 Å². The summed E-state index contributed by atoms with van der Waals surface area (Å²) in [6, 6.07) is 14.1. The van der Waals surface area contributed by atoms with Crippen LogP contribution in [0.15, 0.2) is 53.1 Å². The zero-order chi connectivity index (χ0) is 21.9. The fraction of sp³-hybridized carbons (Fsp3) is 0.333. The molecule has 2 aromatic heterocycles. The molecular formula is C24H23FN4O2S. The van der Waals surface area contributed by atoms with E-state index >= 15 is 0 Å². The molecule has 1 fully saturated rings. The summed E-state index contributed by atoms with van der Waals surface area (Å²) < 4.78 is 19.6. The van der Waals surface area contributed by atoms with Crippen molar-refractivity contribution in [2.45, 2.75) is 44.6 Å². The third-order valence-electron chi connectivity index (χ3n) is 5.77. The summed E-state index contributed by atoms with van der Waals surface area (Å²) in [6.45, 7) is 0.773. The van der Waals surface area contributed by atoms with Gasteiger partial charge in [-0.15, -0.1) is 11.3 Å². The number of likely N-dealkylation sites (tertiary alicyclic amines) is 1. The van der Waals surface area contributed by atoms with Crippen molar-refractivity contribution >= 4 is 27.5 Å². The van der Waals surface area contributed by atoms with E-state index in [1.807, 2.05) is 23.1 Å². The monoisotopic (exact) mass is 450 g/mol. The average molecular weight is 451 g/mol. The lowest BCUT2D eigenvalue weighted by Gasteiger charge is -2.34. The standard InChI is InChI=1S/C24H23FN4O2S/c25-17-13-11-16(12-14-17)23-27-21(31-28-23)9-5-10-22(30)29-15-4-3-7-19(29)24-26-18-6-1-2-8-20(18)32-24/h1-2,6,8,11-14,19H,3-5,7,9-10,15H2. The van der Waals surface area contributed by atoms with Gasteiger partial charge in [0.05, 0.1) is 16.3 Å². The lowest BCUT2D eigenvalue weighted by atomic mass is 10.0. The van der Waals surface area contributed by atoms with Gasteiger partial charge in [0.15, 0.2) is 0 Å². The first-order valence-electron chi connectivity index (χ1n) is 10.9. The van der Waals surface area contributed by atoms with E-state index in [-0.39, 0.29) is 17.8 Å². The molecule has 4 aromatic rings. The van der Waals surface area contributed by atoms with E-state index in [2.05, 4.69) is 16.2 Å². The summed E-state index contributed by atoms with van der Waals surface area (Å²) >= 11 is 1.69. The normalized spacial score (nSPS) is 16.5. The number of piperidine rings is 1. The molecular weight excluding hydrogens is 427 g/mol. The highest BCUT2D eigenvalue weighted by atomic mass is 32.1. The molecule has 8 heteroatoms. The minimum atomic E-state index is -0.308. The number of carbonyl (C=O) groups is 1. The Morgan fingerprint density at radius 1 is 1.12 bits per heavy atom. The first-order chi connectivity index (χ1) is 15.7. The van der Waals surface area contributed by atoms with Gasteiger partial charge in [0, 0.05) is 24.9 Å². The summed E-state index contributed by atoms with van der Waals surface area (Å²) in [4.78, 5) is 24.2. The molecule has 1 amide bonds. The Morgan fingerprint density at radius 2 is 1.97 bits per heavy atom. The molecule has 6 nitrogen and oxygen atoms in total. The number of aryl methyl sites for hydroxylation is 1. The van der Waals surface area contributed by atoms with E-state index in [0.29, 0.717) is 36.5 Å². The number of amides is 1. The van der Waals surface area contributed by atoms with Crippen LogP contribution in [0.5, 0.6) is 0 Å². The molecule has 0 saturated carbocycles. The summed E-state index contributed by atoms with van der Waals surface area (Å²) in [5, 5.41) is 4.99. The van der Waals surface area contributed by atoms with Gasteiger partial charge in [-0.3, -0.25) is 4.79 Å². The van der Waals surface area contributed by atoms with E-state index in [4.69, 9.17) is 9.51 Å². The van der Waals surface area contributed by atoms with E-state index in [1.54, 1.807) is 23.5 Å². The zero-order valence-electron chi connectivity index (χ0n) is 17.5. The van der Waals surface area contributed by atoms with Crippen LogP contribution in [0.3, 0.4) is 0 Å². The number of aromatic nitrogens is 3. The highest BCUT2D eigenvalue weighted by Gasteiger charge is 2.30. The van der Waals surface area contributed by atoms with Crippen molar-refractivity contribution in [1.82, 2.24) is 20.0 Å². The second kappa shape index (κ2) is 9.16. The molecule has 32 heavy (non-hydrogen) atoms. The molecule has 5 rings (SSSR count). The van der Waals surface area contributed by atoms with Gasteiger partial charge in [0.2, 0.25) is 17.6 Å². The van der Waals surface area contributed by atoms with Gasteiger partial charge in [0.25, 0.3) is 0 Å². The third kappa shape index (κ3) is 4.41. The maximum absolute atomic E-state index is 13.1. The number of benzene rings is 2. The second-order valence-electron chi connectivity index (χ2n) is 7.99. The van der Waals surface area contributed by atoms with Gasteiger partial charge >= 0.3 is 0 Å². The zero-order valence-corrected chi connectivity index (χ0v) is 18.4. The van der Waals surface area contributed by atoms with Crippen LogP contribution in [-0.4, -0.2) is 32.5 Å². The number of rotatable bonds is 6. The fourth-order valence-corrected chi connectivity index (χ4v) is 5.24. The average Bonchev–Trinajstić information content (AvgIpc) is 3.47. The van der Waals surface area contributed by atoms with Crippen molar-refractivity contribution < 1.29 is 13.7 Å². The van der Waals surface area contributed by atoms with Gasteiger partial charge in [0.1, 0.15) is 10.8 Å². The highest BCUT2D eigenvalue weighted by Crippen LogP contribution is 2.36. The smallest absolute Gasteiger partial charge is 0.226 e. The van der Waals surface area contributed by atoms with Crippen LogP contribution < -0.4 is 0 Å². The second-order valence-corrected chi connectivity index (χ2v) is 9.05. The molecule has 0 N–H and O–H groups in total. The third-order valence-corrected chi connectivity index (χ3v) is 6.91. The number of halogens is 1. The minimum Gasteiger partial charge on any atom is -0.339 e. The van der Waals surface area contributed by atoms with Crippen LogP contribution >= 0.6 is 11.3 Å². The molecule has 0 spiro atoms. The van der Waals surface area contributed by atoms with E-state index in [0.717, 1.165) is 41.0 Å². The molecule has 1 aliphatic rings. The molecule has 1 unspecified atom stereocenters. The van der Waals surface area contributed by atoms with Gasteiger partial charge in [-0.25, -0.2) is 9.37 Å². The number of hydrogen-bond acceptors (Lipinski definition) is 6. The minimum absolute atomic E-state index is 0.0575. The number of para-hydroxylation sites is 1. The number of hydrogen-bond donors (Lipinski definition) is 0. The maximum atomic E-state index is 13.1. The first kappa shape index (κ1) is 20.8. The molecule has 0 aliphatic carbocycles. The quantitative estimate of drug-likeness (QED) is 0.384. The van der Waals surface area contributed by atoms with Crippen molar-refractivity contribution in [1.29, 1.82) is 0 Å². The Labute approximate surface area is 189 Å². The summed E-state index contributed by atoms with van der Waals surface area (Å²) in [5.41, 5.74) is 1.70. The molecule has 0 bridgehead atoms. The van der Waals surface area contributed by atoms with Gasteiger partial charge in [-0.1, -0.05) is 17.3 Å². The predicted octanol–water partition coefficient (Wildman–Crippen LogP) is 5.56.